The summed E-state index contributed by atoms with van der Waals surface area (Å²) in [6.07, 6.45) is -0.837. The summed E-state index contributed by atoms with van der Waals surface area (Å²) >= 11 is 0. The minimum absolute atomic E-state index is 0.0521. The first-order valence-corrected chi connectivity index (χ1v) is 9.05. The van der Waals surface area contributed by atoms with Gasteiger partial charge in [0.15, 0.2) is 6.10 Å². The summed E-state index contributed by atoms with van der Waals surface area (Å²) in [7, 11) is 0. The van der Waals surface area contributed by atoms with Gasteiger partial charge in [-0.3, -0.25) is 4.79 Å². The van der Waals surface area contributed by atoms with Crippen LogP contribution in [0.2, 0.25) is 0 Å². The van der Waals surface area contributed by atoms with E-state index in [2.05, 4.69) is 5.32 Å². The van der Waals surface area contributed by atoms with Gasteiger partial charge in [0.2, 0.25) is 0 Å². The van der Waals surface area contributed by atoms with Gasteiger partial charge in [-0.2, -0.15) is 0 Å². The number of hydrogen-bond donors (Lipinski definition) is 1. The minimum atomic E-state index is -0.837. The largest absolute Gasteiger partial charge is 0.479 e. The summed E-state index contributed by atoms with van der Waals surface area (Å²) in [5.41, 5.74) is 1.95. The first-order chi connectivity index (χ1) is 14.0. The fourth-order valence-electron chi connectivity index (χ4n) is 2.51. The molecule has 3 rings (SSSR count). The number of halogens is 1. The number of amides is 1. The Kier molecular flexibility index (Phi) is 6.58. The molecule has 5 nitrogen and oxygen atoms in total. The zero-order valence-electron chi connectivity index (χ0n) is 15.8. The van der Waals surface area contributed by atoms with Crippen molar-refractivity contribution in [2.24, 2.45) is 0 Å². The van der Waals surface area contributed by atoms with Crippen molar-refractivity contribution in [1.82, 2.24) is 0 Å². The molecular weight excluding hydrogens is 373 g/mol. The van der Waals surface area contributed by atoms with Crippen LogP contribution < -0.4 is 10.1 Å². The highest BCUT2D eigenvalue weighted by molar-refractivity contribution is 6.04. The lowest BCUT2D eigenvalue weighted by Crippen LogP contribution is -2.26. The molecule has 0 spiro atoms. The monoisotopic (exact) mass is 393 g/mol. The number of benzene rings is 3. The van der Waals surface area contributed by atoms with Crippen LogP contribution in [0, 0.1) is 5.82 Å². The minimum Gasteiger partial charge on any atom is -0.479 e. The molecule has 1 atom stereocenters. The molecule has 0 unspecified atom stereocenters. The molecule has 0 saturated heterocycles. The quantitative estimate of drug-likeness (QED) is 0.597. The van der Waals surface area contributed by atoms with E-state index in [1.165, 1.54) is 24.3 Å². The number of esters is 1. The Morgan fingerprint density at radius 1 is 0.931 bits per heavy atom. The van der Waals surface area contributed by atoms with Gasteiger partial charge in [-0.1, -0.05) is 30.3 Å². The van der Waals surface area contributed by atoms with Crippen LogP contribution in [0.4, 0.5) is 10.1 Å². The summed E-state index contributed by atoms with van der Waals surface area (Å²) in [5, 5.41) is 2.81. The number of ether oxygens (including phenoxy) is 2. The number of rotatable bonds is 7. The fourth-order valence-corrected chi connectivity index (χ4v) is 2.51. The maximum Gasteiger partial charge on any atom is 0.347 e. The van der Waals surface area contributed by atoms with Crippen molar-refractivity contribution in [2.45, 2.75) is 19.6 Å². The van der Waals surface area contributed by atoms with Crippen molar-refractivity contribution in [3.05, 3.63) is 95.8 Å². The van der Waals surface area contributed by atoms with Crippen molar-refractivity contribution in [1.29, 1.82) is 0 Å². The van der Waals surface area contributed by atoms with E-state index >= 15 is 0 Å². The number of nitrogens with one attached hydrogen (secondary N) is 1. The van der Waals surface area contributed by atoms with Crippen LogP contribution in [-0.2, 0) is 16.1 Å². The molecule has 1 amide bonds. The van der Waals surface area contributed by atoms with E-state index in [9.17, 15) is 14.0 Å². The zero-order valence-corrected chi connectivity index (χ0v) is 15.8. The molecule has 0 aliphatic carbocycles. The number of para-hydroxylation sites is 1. The van der Waals surface area contributed by atoms with Crippen LogP contribution in [-0.4, -0.2) is 18.0 Å². The van der Waals surface area contributed by atoms with Crippen molar-refractivity contribution in [3.8, 4) is 5.75 Å². The van der Waals surface area contributed by atoms with Crippen molar-refractivity contribution < 1.29 is 23.5 Å². The van der Waals surface area contributed by atoms with Crippen molar-refractivity contribution in [2.75, 3.05) is 5.32 Å². The van der Waals surface area contributed by atoms with Crippen LogP contribution in [0.1, 0.15) is 22.8 Å². The summed E-state index contributed by atoms with van der Waals surface area (Å²) in [6, 6.07) is 21.3. The SMILES string of the molecule is C[C@@H](Oc1ccc(F)cc1)C(=O)OCc1ccc(C(=O)Nc2ccccc2)cc1. The van der Waals surface area contributed by atoms with Crippen LogP contribution in [0.3, 0.4) is 0 Å². The molecule has 0 radical (unpaired) electrons. The van der Waals surface area contributed by atoms with Gasteiger partial charge in [0.05, 0.1) is 0 Å². The number of carbonyl (C=O) groups is 2. The molecule has 0 fully saturated rings. The Hall–Kier alpha value is -3.67. The highest BCUT2D eigenvalue weighted by Crippen LogP contribution is 2.14. The summed E-state index contributed by atoms with van der Waals surface area (Å²) in [6.45, 7) is 1.61. The highest BCUT2D eigenvalue weighted by atomic mass is 19.1. The van der Waals surface area contributed by atoms with Gasteiger partial charge < -0.3 is 14.8 Å². The number of anilines is 1. The second-order valence-corrected chi connectivity index (χ2v) is 6.34. The molecule has 0 heterocycles. The Bertz CT molecular complexity index is 956. The normalized spacial score (nSPS) is 11.4. The summed E-state index contributed by atoms with van der Waals surface area (Å²) in [4.78, 5) is 24.3. The lowest BCUT2D eigenvalue weighted by Gasteiger charge is -2.14. The average molecular weight is 393 g/mol. The molecule has 3 aromatic rings. The Morgan fingerprint density at radius 3 is 2.24 bits per heavy atom. The van der Waals surface area contributed by atoms with E-state index < -0.39 is 12.1 Å². The number of carbonyl (C=O) groups excluding carboxylic acids is 2. The van der Waals surface area contributed by atoms with Crippen LogP contribution in [0.15, 0.2) is 78.9 Å². The third kappa shape index (κ3) is 5.90. The van der Waals surface area contributed by atoms with Crippen molar-refractivity contribution in [3.63, 3.8) is 0 Å². The third-order valence-corrected chi connectivity index (χ3v) is 4.09. The van der Waals surface area contributed by atoms with E-state index in [0.29, 0.717) is 17.0 Å². The smallest absolute Gasteiger partial charge is 0.347 e. The predicted octanol–water partition coefficient (Wildman–Crippen LogP) is 4.59. The molecule has 0 aliphatic heterocycles. The first kappa shape index (κ1) is 20.1. The van der Waals surface area contributed by atoms with Crippen LogP contribution in [0.25, 0.3) is 0 Å². The Balaban J connectivity index is 1.49. The van der Waals surface area contributed by atoms with Gasteiger partial charge >= 0.3 is 5.97 Å². The lowest BCUT2D eigenvalue weighted by atomic mass is 10.1. The van der Waals surface area contributed by atoms with Crippen molar-refractivity contribution >= 4 is 17.6 Å². The van der Waals surface area contributed by atoms with Gasteiger partial charge in [-0.05, 0) is 61.0 Å². The average Bonchev–Trinajstić information content (AvgIpc) is 2.74. The van der Waals surface area contributed by atoms with Crippen LogP contribution >= 0.6 is 0 Å². The first-order valence-electron chi connectivity index (χ1n) is 9.05. The Labute approximate surface area is 168 Å². The van der Waals surface area contributed by atoms with Crippen LogP contribution in [0.5, 0.6) is 5.75 Å². The van der Waals surface area contributed by atoms with Gasteiger partial charge in [0.25, 0.3) is 5.91 Å². The highest BCUT2D eigenvalue weighted by Gasteiger charge is 2.16. The molecule has 29 heavy (non-hydrogen) atoms. The summed E-state index contributed by atoms with van der Waals surface area (Å²) < 4.78 is 23.6. The topological polar surface area (TPSA) is 64.6 Å². The second kappa shape index (κ2) is 9.50. The van der Waals surface area contributed by atoms with E-state index in [4.69, 9.17) is 9.47 Å². The molecule has 0 aliphatic rings. The zero-order chi connectivity index (χ0) is 20.6. The third-order valence-electron chi connectivity index (χ3n) is 4.09. The molecule has 148 valence electrons. The molecule has 6 heteroatoms. The van der Waals surface area contributed by atoms with Gasteiger partial charge in [-0.25, -0.2) is 9.18 Å². The molecule has 0 saturated carbocycles. The maximum absolute atomic E-state index is 12.9. The lowest BCUT2D eigenvalue weighted by molar-refractivity contribution is -0.152. The Morgan fingerprint density at radius 2 is 1.59 bits per heavy atom. The summed E-state index contributed by atoms with van der Waals surface area (Å²) in [5.74, 6) is -0.764. The predicted molar refractivity (Wildman–Crippen MR) is 107 cm³/mol. The molecule has 0 aromatic heterocycles. The molecule has 0 bridgehead atoms. The van der Waals surface area contributed by atoms with E-state index in [1.54, 1.807) is 43.3 Å². The molecule has 3 aromatic carbocycles. The second-order valence-electron chi connectivity index (χ2n) is 6.34. The maximum atomic E-state index is 12.9. The van der Waals surface area contributed by atoms with E-state index in [0.717, 1.165) is 5.56 Å². The van der Waals surface area contributed by atoms with Gasteiger partial charge in [0.1, 0.15) is 18.2 Å². The van der Waals surface area contributed by atoms with Gasteiger partial charge in [0, 0.05) is 11.3 Å². The molecular formula is C23H20FNO4. The van der Waals surface area contributed by atoms with Gasteiger partial charge in [-0.15, -0.1) is 0 Å². The van der Waals surface area contributed by atoms with E-state index in [1.807, 2.05) is 18.2 Å². The number of hydrogen-bond acceptors (Lipinski definition) is 4. The fraction of sp³-hybridized carbons (Fsp3) is 0.130. The molecule has 1 N–H and O–H groups in total. The van der Waals surface area contributed by atoms with E-state index in [-0.39, 0.29) is 18.3 Å². The standard InChI is InChI=1S/C23H20FNO4/c1-16(29-21-13-11-19(24)12-14-21)23(27)28-15-17-7-9-18(10-8-17)22(26)25-20-5-3-2-4-6-20/h2-14,16H,15H2,1H3,(H,25,26)/t16-/m1/s1.